The highest BCUT2D eigenvalue weighted by Gasteiger charge is 2.25. The van der Waals surface area contributed by atoms with Gasteiger partial charge in [-0.25, -0.2) is 9.78 Å². The van der Waals surface area contributed by atoms with Crippen LogP contribution in [0.2, 0.25) is 0 Å². The molecule has 0 aliphatic carbocycles. The summed E-state index contributed by atoms with van der Waals surface area (Å²) in [5.41, 5.74) is -0.0364. The molecule has 0 atom stereocenters. The molecule has 0 fully saturated rings. The van der Waals surface area contributed by atoms with Gasteiger partial charge in [0, 0.05) is 11.4 Å². The standard InChI is InChI=1S/C14H14N2O6S/c1-8-15-9(7-23-8)6-22-14(17)10-4-12(20-2)13(21-3)5-11(10)16(18)19/h4-5,7H,6H2,1-3H3. The lowest BCUT2D eigenvalue weighted by Gasteiger charge is -2.10. The van der Waals surface area contributed by atoms with Crippen molar-refractivity contribution in [2.75, 3.05) is 14.2 Å². The predicted octanol–water partition coefficient (Wildman–Crippen LogP) is 2.73. The molecule has 0 unspecified atom stereocenters. The van der Waals surface area contributed by atoms with Crippen LogP contribution < -0.4 is 9.47 Å². The maximum atomic E-state index is 12.2. The van der Waals surface area contributed by atoms with E-state index in [1.165, 1.54) is 31.6 Å². The van der Waals surface area contributed by atoms with Crippen molar-refractivity contribution >= 4 is 23.0 Å². The van der Waals surface area contributed by atoms with Crippen molar-refractivity contribution in [2.24, 2.45) is 0 Å². The van der Waals surface area contributed by atoms with Gasteiger partial charge in [-0.2, -0.15) is 0 Å². The third-order valence-corrected chi connectivity index (χ3v) is 3.76. The molecule has 1 aromatic carbocycles. The molecule has 8 nitrogen and oxygen atoms in total. The Morgan fingerprint density at radius 1 is 1.30 bits per heavy atom. The van der Waals surface area contributed by atoms with Gasteiger partial charge in [0.15, 0.2) is 11.5 Å². The van der Waals surface area contributed by atoms with Crippen LogP contribution in [0.1, 0.15) is 21.1 Å². The highest BCUT2D eigenvalue weighted by atomic mass is 32.1. The molecule has 0 radical (unpaired) electrons. The molecule has 0 aliphatic heterocycles. The van der Waals surface area contributed by atoms with Gasteiger partial charge in [-0.3, -0.25) is 10.1 Å². The molecule has 2 aromatic rings. The Bertz CT molecular complexity index is 743. The average molecular weight is 338 g/mol. The summed E-state index contributed by atoms with van der Waals surface area (Å²) in [7, 11) is 2.72. The van der Waals surface area contributed by atoms with Crippen LogP contribution in [-0.4, -0.2) is 30.1 Å². The molecular weight excluding hydrogens is 324 g/mol. The topological polar surface area (TPSA) is 101 Å². The monoisotopic (exact) mass is 338 g/mol. The van der Waals surface area contributed by atoms with Gasteiger partial charge in [-0.05, 0) is 6.92 Å². The smallest absolute Gasteiger partial charge is 0.345 e. The van der Waals surface area contributed by atoms with Crippen LogP contribution in [0, 0.1) is 17.0 Å². The Morgan fingerprint density at radius 2 is 1.96 bits per heavy atom. The zero-order chi connectivity index (χ0) is 17.0. The summed E-state index contributed by atoms with van der Waals surface area (Å²) in [5, 5.41) is 13.8. The minimum absolute atomic E-state index is 0.0608. The zero-order valence-corrected chi connectivity index (χ0v) is 13.5. The fraction of sp³-hybridized carbons (Fsp3) is 0.286. The van der Waals surface area contributed by atoms with Gasteiger partial charge in [0.05, 0.1) is 35.9 Å². The van der Waals surface area contributed by atoms with Crippen LogP contribution >= 0.6 is 11.3 Å². The minimum atomic E-state index is -0.830. The van der Waals surface area contributed by atoms with Gasteiger partial charge in [0.1, 0.15) is 12.2 Å². The van der Waals surface area contributed by atoms with E-state index in [0.29, 0.717) is 5.69 Å². The Labute approximate surface area is 135 Å². The number of esters is 1. The molecule has 0 saturated heterocycles. The van der Waals surface area contributed by atoms with E-state index in [2.05, 4.69) is 4.98 Å². The summed E-state index contributed by atoms with van der Waals surface area (Å²) in [4.78, 5) is 26.8. The summed E-state index contributed by atoms with van der Waals surface area (Å²) in [6.07, 6.45) is 0. The van der Waals surface area contributed by atoms with Crippen molar-refractivity contribution in [3.8, 4) is 11.5 Å². The number of nitrogens with zero attached hydrogens (tertiary/aromatic N) is 2. The molecular formula is C14H14N2O6S. The number of hydrogen-bond acceptors (Lipinski definition) is 8. The number of aryl methyl sites for hydroxylation is 1. The molecule has 122 valence electrons. The largest absolute Gasteiger partial charge is 0.493 e. The number of aromatic nitrogens is 1. The van der Waals surface area contributed by atoms with E-state index in [1.807, 2.05) is 6.92 Å². The SMILES string of the molecule is COc1cc(C(=O)OCc2csc(C)n2)c([N+](=O)[O-])cc1OC. The van der Waals surface area contributed by atoms with Crippen LogP contribution in [0.5, 0.6) is 11.5 Å². The van der Waals surface area contributed by atoms with Crippen LogP contribution in [-0.2, 0) is 11.3 Å². The third kappa shape index (κ3) is 3.75. The second kappa shape index (κ2) is 7.05. The van der Waals surface area contributed by atoms with Crippen molar-refractivity contribution in [3.63, 3.8) is 0 Å². The first-order valence-corrected chi connectivity index (χ1v) is 7.32. The first kappa shape index (κ1) is 16.7. The molecule has 0 bridgehead atoms. The number of benzene rings is 1. The van der Waals surface area contributed by atoms with E-state index >= 15 is 0 Å². The Hall–Kier alpha value is -2.68. The number of hydrogen-bond donors (Lipinski definition) is 0. The van der Waals surface area contributed by atoms with E-state index in [9.17, 15) is 14.9 Å². The Morgan fingerprint density at radius 3 is 2.48 bits per heavy atom. The Kier molecular flexibility index (Phi) is 5.12. The molecule has 0 aliphatic rings. The molecule has 1 aromatic heterocycles. The maximum Gasteiger partial charge on any atom is 0.345 e. The van der Waals surface area contributed by atoms with Gasteiger partial charge < -0.3 is 14.2 Å². The summed E-state index contributed by atoms with van der Waals surface area (Å²) < 4.78 is 15.2. The first-order valence-electron chi connectivity index (χ1n) is 6.44. The fourth-order valence-electron chi connectivity index (χ4n) is 1.87. The molecule has 23 heavy (non-hydrogen) atoms. The highest BCUT2D eigenvalue weighted by molar-refractivity contribution is 7.09. The van der Waals surface area contributed by atoms with E-state index < -0.39 is 16.6 Å². The van der Waals surface area contributed by atoms with Gasteiger partial charge in [0.2, 0.25) is 0 Å². The van der Waals surface area contributed by atoms with Crippen LogP contribution in [0.25, 0.3) is 0 Å². The van der Waals surface area contributed by atoms with Crippen molar-refractivity contribution in [3.05, 3.63) is 43.9 Å². The molecule has 2 rings (SSSR count). The molecule has 9 heteroatoms. The van der Waals surface area contributed by atoms with Crippen molar-refractivity contribution < 1.29 is 23.9 Å². The van der Waals surface area contributed by atoms with Crippen LogP contribution in [0.3, 0.4) is 0 Å². The van der Waals surface area contributed by atoms with Crippen LogP contribution in [0.15, 0.2) is 17.5 Å². The molecule has 1 heterocycles. The number of carbonyl (C=O) groups is 1. The normalized spacial score (nSPS) is 10.2. The number of carbonyl (C=O) groups excluding carboxylic acids is 1. The maximum absolute atomic E-state index is 12.2. The quantitative estimate of drug-likeness (QED) is 0.453. The molecule has 0 saturated carbocycles. The number of thiazole rings is 1. The predicted molar refractivity (Wildman–Crippen MR) is 82.2 cm³/mol. The van der Waals surface area contributed by atoms with Crippen molar-refractivity contribution in [1.82, 2.24) is 4.98 Å². The van der Waals surface area contributed by atoms with Crippen molar-refractivity contribution in [1.29, 1.82) is 0 Å². The second-order valence-corrected chi connectivity index (χ2v) is 5.48. The Balaban J connectivity index is 2.28. The van der Waals surface area contributed by atoms with Gasteiger partial charge >= 0.3 is 5.97 Å². The number of nitro groups is 1. The van der Waals surface area contributed by atoms with E-state index in [1.54, 1.807) is 5.38 Å². The average Bonchev–Trinajstić information content (AvgIpc) is 2.96. The summed E-state index contributed by atoms with van der Waals surface area (Å²) in [6, 6.07) is 2.36. The van der Waals surface area contributed by atoms with Crippen molar-refractivity contribution in [2.45, 2.75) is 13.5 Å². The highest BCUT2D eigenvalue weighted by Crippen LogP contribution is 2.34. The summed E-state index contributed by atoms with van der Waals surface area (Å²) >= 11 is 1.42. The fourth-order valence-corrected chi connectivity index (χ4v) is 2.47. The summed E-state index contributed by atoms with van der Waals surface area (Å²) in [6.45, 7) is 1.77. The summed E-state index contributed by atoms with van der Waals surface area (Å²) in [5.74, 6) is -0.469. The number of methoxy groups -OCH3 is 2. The molecule has 0 N–H and O–H groups in total. The number of nitro benzene ring substituents is 1. The lowest BCUT2D eigenvalue weighted by atomic mass is 10.1. The van der Waals surface area contributed by atoms with E-state index in [4.69, 9.17) is 14.2 Å². The van der Waals surface area contributed by atoms with Gasteiger partial charge in [-0.1, -0.05) is 0 Å². The lowest BCUT2D eigenvalue weighted by Crippen LogP contribution is -2.09. The zero-order valence-electron chi connectivity index (χ0n) is 12.7. The first-order chi connectivity index (χ1) is 11.0. The number of ether oxygens (including phenoxy) is 3. The second-order valence-electron chi connectivity index (χ2n) is 4.42. The van der Waals surface area contributed by atoms with E-state index in [0.717, 1.165) is 11.1 Å². The molecule has 0 amide bonds. The number of rotatable bonds is 6. The third-order valence-electron chi connectivity index (χ3n) is 2.94. The van der Waals surface area contributed by atoms with Gasteiger partial charge in [0.25, 0.3) is 5.69 Å². The van der Waals surface area contributed by atoms with E-state index in [-0.39, 0.29) is 23.7 Å². The molecule has 0 spiro atoms. The van der Waals surface area contributed by atoms with Crippen LogP contribution in [0.4, 0.5) is 5.69 Å². The van der Waals surface area contributed by atoms with Gasteiger partial charge in [-0.15, -0.1) is 11.3 Å². The minimum Gasteiger partial charge on any atom is -0.493 e. The lowest BCUT2D eigenvalue weighted by molar-refractivity contribution is -0.385.